The number of nitro groups is 1. The zero-order valence-corrected chi connectivity index (χ0v) is 24.6. The van der Waals surface area contributed by atoms with Crippen LogP contribution in [0.15, 0.2) is 54.6 Å². The molecule has 0 bridgehead atoms. The highest BCUT2D eigenvalue weighted by molar-refractivity contribution is 5.97. The second kappa shape index (κ2) is 14.5. The molecule has 0 aliphatic rings. The van der Waals surface area contributed by atoms with Crippen LogP contribution in [0.3, 0.4) is 0 Å². The zero-order chi connectivity index (χ0) is 32.5. The first kappa shape index (κ1) is 32.1. The summed E-state index contributed by atoms with van der Waals surface area (Å²) in [5.74, 6) is -1.52. The van der Waals surface area contributed by atoms with Gasteiger partial charge in [0.05, 0.1) is 29.2 Å². The van der Waals surface area contributed by atoms with Crippen LogP contribution in [-0.4, -0.2) is 57.0 Å². The van der Waals surface area contributed by atoms with E-state index in [-0.39, 0.29) is 61.3 Å². The van der Waals surface area contributed by atoms with E-state index in [0.29, 0.717) is 27.9 Å². The van der Waals surface area contributed by atoms with Crippen molar-refractivity contribution in [2.24, 2.45) is 0 Å². The molecule has 4 rings (SSSR count). The lowest BCUT2D eigenvalue weighted by molar-refractivity contribution is -0.384. The van der Waals surface area contributed by atoms with Crippen molar-refractivity contribution in [2.75, 3.05) is 30.0 Å². The van der Waals surface area contributed by atoms with E-state index in [2.05, 4.69) is 25.6 Å². The molecule has 0 saturated heterocycles. The highest BCUT2D eigenvalue weighted by atomic mass is 16.6. The maximum Gasteiger partial charge on any atom is 0.328 e. The van der Waals surface area contributed by atoms with Crippen LogP contribution < -0.4 is 22.1 Å². The number of nitrogens with one attached hydrogen (secondary N) is 2. The Morgan fingerprint density at radius 1 is 0.956 bits per heavy atom. The van der Waals surface area contributed by atoms with Crippen molar-refractivity contribution in [1.82, 2.24) is 20.3 Å². The Morgan fingerprint density at radius 2 is 1.64 bits per heavy atom. The highest BCUT2D eigenvalue weighted by Gasteiger charge is 2.24. The molecule has 2 aromatic carbocycles. The lowest BCUT2D eigenvalue weighted by atomic mass is 10.0. The van der Waals surface area contributed by atoms with Crippen LogP contribution >= 0.6 is 0 Å². The average Bonchev–Trinajstić information content (AvgIpc) is 3.02. The van der Waals surface area contributed by atoms with Gasteiger partial charge >= 0.3 is 11.9 Å². The second-order valence-corrected chi connectivity index (χ2v) is 9.69. The number of anilines is 3. The molecule has 0 unspecified atom stereocenters. The Bertz CT molecular complexity index is 1710. The van der Waals surface area contributed by atoms with Crippen molar-refractivity contribution in [2.45, 2.75) is 39.3 Å². The van der Waals surface area contributed by atoms with Gasteiger partial charge < -0.3 is 31.6 Å². The number of amides is 1. The SMILES string of the molecule is CCOC(=O)CC[C@H](NC(=O)c1ccc(NCc2cc3c(N)nc(N)nc3nc2-c2ccc([N+](=O)[O-])cc2)cc1)C(=O)OCC. The minimum atomic E-state index is -1.02. The number of carbonyl (C=O) groups is 3. The van der Waals surface area contributed by atoms with Gasteiger partial charge in [-0.25, -0.2) is 9.78 Å². The first-order valence-electron chi connectivity index (χ1n) is 14.0. The van der Waals surface area contributed by atoms with Gasteiger partial charge in [0.25, 0.3) is 11.6 Å². The largest absolute Gasteiger partial charge is 0.466 e. The van der Waals surface area contributed by atoms with Crippen LogP contribution in [-0.2, 0) is 25.6 Å². The van der Waals surface area contributed by atoms with Crippen LogP contribution in [0.5, 0.6) is 0 Å². The van der Waals surface area contributed by atoms with Crippen molar-refractivity contribution >= 4 is 52.0 Å². The van der Waals surface area contributed by atoms with Gasteiger partial charge in [0.2, 0.25) is 5.95 Å². The Kier molecular flexibility index (Phi) is 10.4. The molecule has 2 aromatic heterocycles. The van der Waals surface area contributed by atoms with E-state index in [4.69, 9.17) is 20.9 Å². The lowest BCUT2D eigenvalue weighted by Crippen LogP contribution is -2.42. The molecule has 1 atom stereocenters. The van der Waals surface area contributed by atoms with Gasteiger partial charge in [-0.2, -0.15) is 9.97 Å². The third-order valence-corrected chi connectivity index (χ3v) is 6.61. The van der Waals surface area contributed by atoms with Crippen LogP contribution in [0.4, 0.5) is 23.1 Å². The number of nitrogens with two attached hydrogens (primary N) is 2. The molecular weight excluding hydrogens is 584 g/mol. The van der Waals surface area contributed by atoms with E-state index in [1.807, 2.05) is 0 Å². The van der Waals surface area contributed by atoms with Crippen molar-refractivity contribution in [3.63, 3.8) is 0 Å². The number of hydrogen-bond donors (Lipinski definition) is 4. The Hall–Kier alpha value is -5.86. The Morgan fingerprint density at radius 3 is 2.29 bits per heavy atom. The number of nitro benzene ring substituents is 1. The summed E-state index contributed by atoms with van der Waals surface area (Å²) in [5.41, 5.74) is 14.8. The number of nitrogen functional groups attached to an aromatic ring is 2. The fourth-order valence-corrected chi connectivity index (χ4v) is 4.43. The van der Waals surface area contributed by atoms with Crippen LogP contribution in [0.25, 0.3) is 22.3 Å². The molecular formula is C30H32N8O7. The first-order valence-corrected chi connectivity index (χ1v) is 14.0. The number of nitrogens with zero attached hydrogens (tertiary/aromatic N) is 4. The van der Waals surface area contributed by atoms with Gasteiger partial charge in [-0.1, -0.05) is 0 Å². The number of rotatable bonds is 13. The van der Waals surface area contributed by atoms with Gasteiger partial charge in [-0.3, -0.25) is 19.7 Å². The van der Waals surface area contributed by atoms with E-state index in [1.165, 1.54) is 12.1 Å². The topological polar surface area (TPSA) is 228 Å². The van der Waals surface area contributed by atoms with Crippen LogP contribution in [0.2, 0.25) is 0 Å². The van der Waals surface area contributed by atoms with Gasteiger partial charge in [0, 0.05) is 41.9 Å². The molecule has 0 radical (unpaired) electrons. The summed E-state index contributed by atoms with van der Waals surface area (Å²) in [6.07, 6.45) is -0.0286. The molecule has 0 spiro atoms. The molecule has 1 amide bonds. The van der Waals surface area contributed by atoms with Gasteiger partial charge in [-0.15, -0.1) is 0 Å². The first-order chi connectivity index (χ1) is 21.6. The zero-order valence-electron chi connectivity index (χ0n) is 24.6. The summed E-state index contributed by atoms with van der Waals surface area (Å²) in [4.78, 5) is 60.6. The second-order valence-electron chi connectivity index (χ2n) is 9.69. The number of esters is 2. The Balaban J connectivity index is 1.52. The third-order valence-electron chi connectivity index (χ3n) is 6.61. The number of hydrogen-bond acceptors (Lipinski definition) is 13. The van der Waals surface area contributed by atoms with Crippen molar-refractivity contribution < 1.29 is 28.8 Å². The van der Waals surface area contributed by atoms with E-state index in [0.717, 1.165) is 0 Å². The number of fused-ring (bicyclic) bond motifs is 1. The molecule has 2 heterocycles. The van der Waals surface area contributed by atoms with E-state index >= 15 is 0 Å². The molecule has 45 heavy (non-hydrogen) atoms. The number of ether oxygens (including phenoxy) is 2. The molecule has 0 fully saturated rings. The standard InChI is InChI=1S/C30H32N8O7/c1-3-44-24(39)14-13-23(29(41)45-4-2)34-28(40)18-5-9-20(10-6-18)33-16-19-15-22-26(31)36-30(32)37-27(22)35-25(19)17-7-11-21(12-8-17)38(42)43/h5-12,15,23,33H,3-4,13-14,16H2,1-2H3,(H,34,40)(H4,31,32,35,36,37)/t23-/m0/s1. The predicted molar refractivity (Wildman–Crippen MR) is 166 cm³/mol. The minimum absolute atomic E-state index is 0.0298. The molecule has 0 aliphatic heterocycles. The number of benzene rings is 2. The van der Waals surface area contributed by atoms with Gasteiger partial charge in [-0.05, 0) is 68.3 Å². The minimum Gasteiger partial charge on any atom is -0.466 e. The average molecular weight is 617 g/mol. The normalized spacial score (nSPS) is 11.4. The maximum absolute atomic E-state index is 12.9. The smallest absolute Gasteiger partial charge is 0.328 e. The van der Waals surface area contributed by atoms with E-state index < -0.39 is 28.8 Å². The fourth-order valence-electron chi connectivity index (χ4n) is 4.43. The molecule has 15 heteroatoms. The summed E-state index contributed by atoms with van der Waals surface area (Å²) in [6, 6.07) is 13.2. The molecule has 0 saturated carbocycles. The number of carbonyl (C=O) groups excluding carboxylic acids is 3. The van der Waals surface area contributed by atoms with E-state index in [9.17, 15) is 24.5 Å². The molecule has 4 aromatic rings. The number of pyridine rings is 1. The van der Waals surface area contributed by atoms with Crippen molar-refractivity contribution in [1.29, 1.82) is 0 Å². The molecule has 15 nitrogen and oxygen atoms in total. The number of aromatic nitrogens is 3. The molecule has 6 N–H and O–H groups in total. The molecule has 234 valence electrons. The molecule has 0 aliphatic carbocycles. The quantitative estimate of drug-likeness (QED) is 0.0960. The third kappa shape index (κ3) is 8.16. The van der Waals surface area contributed by atoms with Gasteiger partial charge in [0.15, 0.2) is 5.65 Å². The summed E-state index contributed by atoms with van der Waals surface area (Å²) in [7, 11) is 0. The summed E-state index contributed by atoms with van der Waals surface area (Å²) < 4.78 is 9.96. The summed E-state index contributed by atoms with van der Waals surface area (Å²) in [5, 5.41) is 17.5. The van der Waals surface area contributed by atoms with Crippen molar-refractivity contribution in [3.8, 4) is 11.3 Å². The monoisotopic (exact) mass is 616 g/mol. The van der Waals surface area contributed by atoms with Gasteiger partial charge in [0.1, 0.15) is 11.9 Å². The Labute approximate surface area is 257 Å². The van der Waals surface area contributed by atoms with Crippen LogP contribution in [0.1, 0.15) is 42.6 Å². The van der Waals surface area contributed by atoms with E-state index in [1.54, 1.807) is 56.3 Å². The maximum atomic E-state index is 12.9. The lowest BCUT2D eigenvalue weighted by Gasteiger charge is -2.17. The summed E-state index contributed by atoms with van der Waals surface area (Å²) >= 11 is 0. The number of non-ortho nitro benzene ring substituents is 1. The fraction of sp³-hybridized carbons (Fsp3) is 0.267. The van der Waals surface area contributed by atoms with Crippen LogP contribution in [0, 0.1) is 10.1 Å². The highest BCUT2D eigenvalue weighted by Crippen LogP contribution is 2.29. The van der Waals surface area contributed by atoms with Crippen molar-refractivity contribution in [3.05, 3.63) is 75.8 Å². The predicted octanol–water partition coefficient (Wildman–Crippen LogP) is 3.38. The summed E-state index contributed by atoms with van der Waals surface area (Å²) in [6.45, 7) is 3.91.